The zero-order valence-electron chi connectivity index (χ0n) is 20.9. The number of hydrogen-bond acceptors (Lipinski definition) is 8. The van der Waals surface area contributed by atoms with Crippen LogP contribution in [-0.4, -0.2) is 74.2 Å². The van der Waals surface area contributed by atoms with E-state index in [9.17, 15) is 15.2 Å². The largest absolute Gasteiger partial charge is 0.489 e. The number of piperidine rings is 1. The zero-order chi connectivity index (χ0) is 25.6. The number of anilines is 1. The third-order valence-corrected chi connectivity index (χ3v) is 6.38. The highest BCUT2D eigenvalue weighted by Gasteiger charge is 2.49. The molecule has 10 heteroatoms. The lowest BCUT2D eigenvalue weighted by Gasteiger charge is -2.56. The molecule has 2 bridgehead atoms. The number of aliphatic hydroxyl groups is 1. The van der Waals surface area contributed by atoms with Crippen molar-refractivity contribution in [2.75, 3.05) is 24.6 Å². The number of pyridine rings is 2. The van der Waals surface area contributed by atoms with Gasteiger partial charge in [-0.15, -0.1) is 0 Å². The van der Waals surface area contributed by atoms with Gasteiger partial charge in [-0.25, -0.2) is 14.3 Å². The highest BCUT2D eigenvalue weighted by molar-refractivity contribution is 5.85. The molecular formula is C26H30N6O4. The predicted molar refractivity (Wildman–Crippen MR) is 133 cm³/mol. The molecule has 3 aromatic heterocycles. The fourth-order valence-corrected chi connectivity index (χ4v) is 4.84. The van der Waals surface area contributed by atoms with E-state index in [4.69, 9.17) is 14.5 Å². The Bertz CT molecular complexity index is 1310. The topological polar surface area (TPSA) is 116 Å². The molecule has 3 atom stereocenters. The van der Waals surface area contributed by atoms with Gasteiger partial charge in [0, 0.05) is 30.4 Å². The first-order valence-corrected chi connectivity index (χ1v) is 12.1. The first-order chi connectivity index (χ1) is 17.1. The van der Waals surface area contributed by atoms with Crippen molar-refractivity contribution < 1.29 is 19.4 Å². The molecule has 3 unspecified atom stereocenters. The number of carbonyl (C=O) groups is 1. The number of piperazine rings is 1. The number of nitrogens with zero attached hydrogens (tertiary/aromatic N) is 6. The number of amides is 1. The molecule has 3 fully saturated rings. The van der Waals surface area contributed by atoms with E-state index in [0.29, 0.717) is 29.9 Å². The Kier molecular flexibility index (Phi) is 5.96. The van der Waals surface area contributed by atoms with Gasteiger partial charge in [0.05, 0.1) is 41.7 Å². The first-order valence-electron chi connectivity index (χ1n) is 12.1. The lowest BCUT2D eigenvalue weighted by atomic mass is 9.88. The van der Waals surface area contributed by atoms with Crippen molar-refractivity contribution in [3.8, 4) is 22.9 Å². The molecule has 3 aliphatic rings. The number of rotatable bonds is 5. The van der Waals surface area contributed by atoms with Gasteiger partial charge in [0.15, 0.2) is 0 Å². The Morgan fingerprint density at radius 1 is 1.28 bits per heavy atom. The molecule has 0 aromatic carbocycles. The minimum absolute atomic E-state index is 0.118. The van der Waals surface area contributed by atoms with Gasteiger partial charge in [-0.1, -0.05) is 0 Å². The van der Waals surface area contributed by atoms with Crippen molar-refractivity contribution in [2.24, 2.45) is 0 Å². The highest BCUT2D eigenvalue weighted by atomic mass is 16.6. The van der Waals surface area contributed by atoms with Gasteiger partial charge >= 0.3 is 6.09 Å². The summed E-state index contributed by atoms with van der Waals surface area (Å²) < 4.78 is 12.9. The summed E-state index contributed by atoms with van der Waals surface area (Å²) in [4.78, 5) is 21.3. The van der Waals surface area contributed by atoms with Crippen molar-refractivity contribution in [3.63, 3.8) is 0 Å². The Morgan fingerprint density at radius 2 is 2.03 bits per heavy atom. The molecule has 3 aliphatic heterocycles. The average Bonchev–Trinajstić information content (AvgIpc) is 3.24. The van der Waals surface area contributed by atoms with Crippen molar-refractivity contribution in [1.82, 2.24) is 19.5 Å². The van der Waals surface area contributed by atoms with E-state index >= 15 is 0 Å². The maximum absolute atomic E-state index is 12.6. The Labute approximate surface area is 209 Å². The van der Waals surface area contributed by atoms with Crippen LogP contribution >= 0.6 is 0 Å². The average molecular weight is 491 g/mol. The number of ether oxygens (including phenoxy) is 2. The summed E-state index contributed by atoms with van der Waals surface area (Å²) in [6.45, 7) is 8.85. The monoisotopic (exact) mass is 490 g/mol. The smallest absolute Gasteiger partial charge is 0.410 e. The van der Waals surface area contributed by atoms with Gasteiger partial charge in [-0.2, -0.15) is 10.4 Å². The van der Waals surface area contributed by atoms with E-state index in [1.165, 1.54) is 6.20 Å². The minimum atomic E-state index is -0.612. The number of hydrogen-bond donors (Lipinski definition) is 1. The number of fused-ring (bicyclic) bond motifs is 3. The van der Waals surface area contributed by atoms with Crippen LogP contribution in [0.25, 0.3) is 16.6 Å². The molecule has 10 nitrogen and oxygen atoms in total. The van der Waals surface area contributed by atoms with E-state index in [1.807, 2.05) is 43.9 Å². The fourth-order valence-electron chi connectivity index (χ4n) is 4.84. The summed E-state index contributed by atoms with van der Waals surface area (Å²) in [5, 5.41) is 23.5. The van der Waals surface area contributed by atoms with Crippen LogP contribution in [0.4, 0.5) is 10.6 Å². The predicted octanol–water partition coefficient (Wildman–Crippen LogP) is 3.23. The molecule has 1 amide bonds. The molecule has 188 valence electrons. The van der Waals surface area contributed by atoms with Gasteiger partial charge in [-0.3, -0.25) is 4.90 Å². The summed E-state index contributed by atoms with van der Waals surface area (Å²) in [6.07, 6.45) is 5.11. The van der Waals surface area contributed by atoms with Gasteiger partial charge in [0.2, 0.25) is 0 Å². The number of nitriles is 1. The van der Waals surface area contributed by atoms with Gasteiger partial charge < -0.3 is 19.5 Å². The van der Waals surface area contributed by atoms with Gasteiger partial charge in [0.1, 0.15) is 29.8 Å². The molecule has 6 rings (SSSR count). The maximum atomic E-state index is 12.6. The number of carbonyl (C=O) groups excluding carboxylic acids is 1. The maximum Gasteiger partial charge on any atom is 0.410 e. The summed E-state index contributed by atoms with van der Waals surface area (Å²) >= 11 is 0. The molecule has 6 heterocycles. The molecule has 3 aromatic rings. The van der Waals surface area contributed by atoms with E-state index in [2.05, 4.69) is 16.1 Å². The summed E-state index contributed by atoms with van der Waals surface area (Å²) in [5.41, 5.74) is 2.20. The Balaban J connectivity index is 1.36. The molecule has 0 saturated carbocycles. The van der Waals surface area contributed by atoms with Crippen LogP contribution in [0.2, 0.25) is 0 Å². The van der Waals surface area contributed by atoms with E-state index in [0.717, 1.165) is 23.4 Å². The number of aliphatic hydroxyl groups excluding tert-OH is 1. The third-order valence-electron chi connectivity index (χ3n) is 6.38. The molecule has 0 radical (unpaired) electrons. The second kappa shape index (κ2) is 8.99. The minimum Gasteiger partial charge on any atom is -0.489 e. The standard InChI is InChI=1S/C26H30N6O4/c1-16(33)15-35-21-8-22(24-18(9-27)11-29-31(24)14-21)17-5-6-23(28-10-17)30-12-19-7-20(13-30)32(19)25(34)36-26(2,3)4/h5-6,8,10-11,14,16,19-20,33H,7,12-13,15H2,1-4H3. The molecule has 1 N–H and O–H groups in total. The normalized spacial score (nSPS) is 20.0. The molecule has 0 aliphatic carbocycles. The molecule has 0 spiro atoms. The fraction of sp³-hybridized carbons (Fsp3) is 0.462. The summed E-state index contributed by atoms with van der Waals surface area (Å²) in [6, 6.07) is 8.20. The summed E-state index contributed by atoms with van der Waals surface area (Å²) in [5.74, 6) is 1.37. The second-order valence-corrected chi connectivity index (χ2v) is 10.5. The van der Waals surface area contributed by atoms with Crippen molar-refractivity contribution in [1.29, 1.82) is 5.26 Å². The summed E-state index contributed by atoms with van der Waals surface area (Å²) in [7, 11) is 0. The highest BCUT2D eigenvalue weighted by Crippen LogP contribution is 2.36. The lowest BCUT2D eigenvalue weighted by Crippen LogP contribution is -2.70. The van der Waals surface area contributed by atoms with Gasteiger partial charge in [-0.05, 0) is 52.3 Å². The van der Waals surface area contributed by atoms with Crippen LogP contribution in [0.1, 0.15) is 39.7 Å². The lowest BCUT2D eigenvalue weighted by molar-refractivity contribution is -0.0380. The van der Waals surface area contributed by atoms with E-state index in [-0.39, 0.29) is 24.8 Å². The SMILES string of the molecule is CC(O)COc1cc(-c2ccc(N3CC4CC(C3)N4C(=O)OC(C)(C)C)nc2)c2c(C#N)cnn2c1. The van der Waals surface area contributed by atoms with Crippen LogP contribution in [-0.2, 0) is 4.74 Å². The van der Waals surface area contributed by atoms with E-state index in [1.54, 1.807) is 23.8 Å². The second-order valence-electron chi connectivity index (χ2n) is 10.5. The van der Waals surface area contributed by atoms with Crippen LogP contribution in [0.5, 0.6) is 5.75 Å². The van der Waals surface area contributed by atoms with Crippen LogP contribution < -0.4 is 9.64 Å². The van der Waals surface area contributed by atoms with Crippen LogP contribution in [0.3, 0.4) is 0 Å². The quantitative estimate of drug-likeness (QED) is 0.580. The zero-order valence-corrected chi connectivity index (χ0v) is 20.9. The van der Waals surface area contributed by atoms with E-state index < -0.39 is 11.7 Å². The molecule has 3 saturated heterocycles. The van der Waals surface area contributed by atoms with Crippen LogP contribution in [0.15, 0.2) is 36.8 Å². The van der Waals surface area contributed by atoms with Gasteiger partial charge in [0.25, 0.3) is 0 Å². The van der Waals surface area contributed by atoms with Crippen LogP contribution in [0, 0.1) is 11.3 Å². The van der Waals surface area contributed by atoms with Crippen molar-refractivity contribution >= 4 is 17.4 Å². The van der Waals surface area contributed by atoms with Crippen molar-refractivity contribution in [3.05, 3.63) is 42.4 Å². The Morgan fingerprint density at radius 3 is 2.64 bits per heavy atom. The Hall–Kier alpha value is -3.84. The molecular weight excluding hydrogens is 460 g/mol. The first kappa shape index (κ1) is 23.9. The molecule has 36 heavy (non-hydrogen) atoms. The third kappa shape index (κ3) is 4.54. The number of aromatic nitrogens is 3. The van der Waals surface area contributed by atoms with Crippen molar-refractivity contribution in [2.45, 2.75) is 57.9 Å².